The van der Waals surface area contributed by atoms with Crippen LogP contribution in [0.25, 0.3) is 0 Å². The zero-order valence-electron chi connectivity index (χ0n) is 24.2. The molecule has 0 bridgehead atoms. The Balaban J connectivity index is 2.10. The van der Waals surface area contributed by atoms with E-state index in [1.54, 1.807) is 6.92 Å². The van der Waals surface area contributed by atoms with Crippen molar-refractivity contribution in [3.05, 3.63) is 46.8 Å². The lowest BCUT2D eigenvalue weighted by atomic mass is 9.98. The van der Waals surface area contributed by atoms with E-state index in [1.807, 2.05) is 29.8 Å². The van der Waals surface area contributed by atoms with Gasteiger partial charge in [0.15, 0.2) is 10.9 Å². The van der Waals surface area contributed by atoms with Gasteiger partial charge in [0.25, 0.3) is 0 Å². The quantitative estimate of drug-likeness (QED) is 0.101. The molecular formula is C31H48N2O4S. The van der Waals surface area contributed by atoms with Gasteiger partial charge in [0.2, 0.25) is 0 Å². The molecule has 1 aromatic carbocycles. The molecule has 0 aliphatic carbocycles. The lowest BCUT2D eigenvalue weighted by molar-refractivity contribution is -0.140. The van der Waals surface area contributed by atoms with Gasteiger partial charge >= 0.3 is 11.9 Å². The van der Waals surface area contributed by atoms with E-state index in [4.69, 9.17) is 9.47 Å². The van der Waals surface area contributed by atoms with E-state index in [-0.39, 0.29) is 5.97 Å². The third-order valence-corrected chi connectivity index (χ3v) is 8.16. The lowest BCUT2D eigenvalue weighted by Crippen LogP contribution is -2.14. The monoisotopic (exact) mass is 544 g/mol. The van der Waals surface area contributed by atoms with Crippen molar-refractivity contribution >= 4 is 23.7 Å². The second-order valence-corrected chi connectivity index (χ2v) is 10.9. The van der Waals surface area contributed by atoms with E-state index in [0.29, 0.717) is 23.9 Å². The molecule has 0 N–H and O–H groups in total. The maximum Gasteiger partial charge on any atom is 0.358 e. The zero-order valence-corrected chi connectivity index (χ0v) is 25.0. The number of benzene rings is 1. The number of aryl methyl sites for hydroxylation is 1. The Bertz CT molecular complexity index is 988. The first kappa shape index (κ1) is 31.9. The van der Waals surface area contributed by atoms with E-state index in [0.717, 1.165) is 30.5 Å². The van der Waals surface area contributed by atoms with Crippen LogP contribution in [-0.2, 0) is 34.2 Å². The van der Waals surface area contributed by atoms with Gasteiger partial charge in [0, 0.05) is 7.05 Å². The molecule has 0 aliphatic rings. The Morgan fingerprint density at radius 3 is 2.13 bits per heavy atom. The van der Waals surface area contributed by atoms with Crippen LogP contribution in [0.15, 0.2) is 29.4 Å². The van der Waals surface area contributed by atoms with Gasteiger partial charge < -0.3 is 14.0 Å². The number of imidazole rings is 1. The number of unbranched alkanes of at least 4 members (excludes halogenated alkanes) is 9. The molecule has 0 saturated heterocycles. The minimum Gasteiger partial charge on any atom is -0.468 e. The average molecular weight is 545 g/mol. The number of aromatic nitrogens is 2. The van der Waals surface area contributed by atoms with Gasteiger partial charge in [-0.2, -0.15) is 0 Å². The summed E-state index contributed by atoms with van der Waals surface area (Å²) >= 11 is 1.34. The number of hydrogen-bond donors (Lipinski definition) is 0. The molecule has 0 fully saturated rings. The number of carbonyl (C=O) groups excluding carboxylic acids is 2. The first-order valence-electron chi connectivity index (χ1n) is 14.5. The van der Waals surface area contributed by atoms with E-state index in [9.17, 15) is 9.59 Å². The number of hydrogen-bond acceptors (Lipinski definition) is 6. The summed E-state index contributed by atoms with van der Waals surface area (Å²) in [6.45, 7) is 6.40. The highest BCUT2D eigenvalue weighted by molar-refractivity contribution is 8.00. The molecule has 38 heavy (non-hydrogen) atoms. The van der Waals surface area contributed by atoms with E-state index >= 15 is 0 Å². The lowest BCUT2D eigenvalue weighted by Gasteiger charge is -2.18. The molecule has 7 heteroatoms. The molecule has 1 aromatic heterocycles. The summed E-state index contributed by atoms with van der Waals surface area (Å²) in [5.41, 5.74) is 3.29. The van der Waals surface area contributed by atoms with E-state index in [1.165, 1.54) is 82.2 Å². The number of thioether (sulfide) groups is 1. The number of nitrogens with zero attached hydrogens (tertiary/aromatic N) is 2. The maximum absolute atomic E-state index is 13.0. The van der Waals surface area contributed by atoms with Crippen LogP contribution in [0.2, 0.25) is 0 Å². The summed E-state index contributed by atoms with van der Waals surface area (Å²) in [4.78, 5) is 30.2. The second-order valence-electron chi connectivity index (χ2n) is 9.87. The second kappa shape index (κ2) is 18.1. The Kier molecular flexibility index (Phi) is 15.2. The fourth-order valence-electron chi connectivity index (χ4n) is 4.77. The predicted molar refractivity (Wildman–Crippen MR) is 156 cm³/mol. The predicted octanol–water partition coefficient (Wildman–Crippen LogP) is 8.02. The molecule has 0 saturated carbocycles. The molecule has 2 aromatic rings. The molecule has 6 nitrogen and oxygen atoms in total. The van der Waals surface area contributed by atoms with Crippen LogP contribution in [0.1, 0.15) is 124 Å². The van der Waals surface area contributed by atoms with Crippen LogP contribution in [0.3, 0.4) is 0 Å². The topological polar surface area (TPSA) is 70.4 Å². The Labute approximate surface area is 234 Å². The Hall–Kier alpha value is -2.28. The average Bonchev–Trinajstić information content (AvgIpc) is 3.23. The minimum atomic E-state index is -0.565. The highest BCUT2D eigenvalue weighted by atomic mass is 32.2. The molecule has 212 valence electrons. The maximum atomic E-state index is 13.0. The number of methoxy groups -OCH3 is 1. The van der Waals surface area contributed by atoms with Crippen molar-refractivity contribution in [2.45, 2.75) is 115 Å². The summed E-state index contributed by atoms with van der Waals surface area (Å²) in [7, 11) is 3.32. The minimum absolute atomic E-state index is 0.292. The van der Waals surface area contributed by atoms with Crippen LogP contribution in [-0.4, -0.2) is 35.2 Å². The summed E-state index contributed by atoms with van der Waals surface area (Å²) in [6, 6.07) is 8.14. The van der Waals surface area contributed by atoms with Crippen molar-refractivity contribution in [2.24, 2.45) is 7.05 Å². The van der Waals surface area contributed by atoms with Gasteiger partial charge in [-0.3, -0.25) is 4.79 Å². The number of carbonyl (C=O) groups is 2. The van der Waals surface area contributed by atoms with Gasteiger partial charge in [-0.05, 0) is 37.3 Å². The molecule has 0 aliphatic heterocycles. The van der Waals surface area contributed by atoms with Crippen LogP contribution in [0.4, 0.5) is 0 Å². The SMILES string of the molecule is CCCCCCCCCCCCc1ccccc1C(Sc1nc(C(=O)OCC)c(CCC)n1C)C(=O)OC. The van der Waals surface area contributed by atoms with Crippen LogP contribution in [0, 0.1) is 0 Å². The largest absolute Gasteiger partial charge is 0.468 e. The van der Waals surface area contributed by atoms with Gasteiger partial charge in [0.1, 0.15) is 5.25 Å². The first-order chi connectivity index (χ1) is 18.5. The first-order valence-corrected chi connectivity index (χ1v) is 15.4. The standard InChI is InChI=1S/C31H48N2O4S/c1-6-9-10-11-12-13-14-15-16-17-21-24-22-18-19-23-25(24)28(30(35)36-5)38-31-32-27(29(34)37-8-3)26(20-7-2)33(31)4/h18-19,22-23,28H,6-17,20-21H2,1-5H3. The smallest absolute Gasteiger partial charge is 0.358 e. The summed E-state index contributed by atoms with van der Waals surface area (Å²) in [5, 5.41) is 0.0468. The number of ether oxygens (including phenoxy) is 2. The molecule has 2 rings (SSSR count). The number of rotatable bonds is 19. The van der Waals surface area contributed by atoms with Crippen molar-refractivity contribution in [2.75, 3.05) is 13.7 Å². The van der Waals surface area contributed by atoms with E-state index in [2.05, 4.69) is 24.9 Å². The van der Waals surface area contributed by atoms with Crippen LogP contribution >= 0.6 is 11.8 Å². The van der Waals surface area contributed by atoms with Crippen molar-refractivity contribution in [3.63, 3.8) is 0 Å². The van der Waals surface area contributed by atoms with Crippen LogP contribution < -0.4 is 0 Å². The molecule has 1 unspecified atom stereocenters. The Morgan fingerprint density at radius 2 is 1.53 bits per heavy atom. The third-order valence-electron chi connectivity index (χ3n) is 6.90. The van der Waals surface area contributed by atoms with Crippen molar-refractivity contribution < 1.29 is 19.1 Å². The van der Waals surface area contributed by atoms with Crippen molar-refractivity contribution in [1.29, 1.82) is 0 Å². The zero-order chi connectivity index (χ0) is 27.8. The van der Waals surface area contributed by atoms with Gasteiger partial charge in [0.05, 0.1) is 19.4 Å². The highest BCUT2D eigenvalue weighted by Gasteiger charge is 2.29. The third kappa shape index (κ3) is 9.79. The number of esters is 2. The summed E-state index contributed by atoms with van der Waals surface area (Å²) in [5.74, 6) is -0.738. The molecule has 1 atom stereocenters. The van der Waals surface area contributed by atoms with Gasteiger partial charge in [-0.1, -0.05) is 114 Å². The molecular weight excluding hydrogens is 496 g/mol. The molecule has 1 heterocycles. The Morgan fingerprint density at radius 1 is 0.895 bits per heavy atom. The fourth-order valence-corrected chi connectivity index (χ4v) is 5.94. The van der Waals surface area contributed by atoms with Crippen molar-refractivity contribution in [1.82, 2.24) is 9.55 Å². The summed E-state index contributed by atoms with van der Waals surface area (Å²) < 4.78 is 12.4. The summed E-state index contributed by atoms with van der Waals surface area (Å²) in [6.07, 6.45) is 15.4. The van der Waals surface area contributed by atoms with E-state index < -0.39 is 11.2 Å². The highest BCUT2D eigenvalue weighted by Crippen LogP contribution is 2.38. The molecule has 0 amide bonds. The van der Waals surface area contributed by atoms with Crippen LogP contribution in [0.5, 0.6) is 0 Å². The molecule has 0 radical (unpaired) electrons. The van der Waals surface area contributed by atoms with Gasteiger partial charge in [-0.25, -0.2) is 9.78 Å². The fraction of sp³-hybridized carbons (Fsp3) is 0.645. The molecule has 0 spiro atoms. The normalized spacial score (nSPS) is 11.9. The van der Waals surface area contributed by atoms with Gasteiger partial charge in [-0.15, -0.1) is 0 Å². The van der Waals surface area contributed by atoms with Crippen molar-refractivity contribution in [3.8, 4) is 0 Å².